The fourth-order valence-electron chi connectivity index (χ4n) is 1.66. The molecule has 0 amide bonds. The third-order valence-corrected chi connectivity index (χ3v) is 3.63. The summed E-state index contributed by atoms with van der Waals surface area (Å²) in [4.78, 5) is 12.1. The normalized spacial score (nSPS) is 18.6. The molecule has 0 spiro atoms. The van der Waals surface area contributed by atoms with Gasteiger partial charge in [-0.1, -0.05) is 20.8 Å². The van der Waals surface area contributed by atoms with Gasteiger partial charge in [0.25, 0.3) is 0 Å². The molecule has 20 heavy (non-hydrogen) atoms. The van der Waals surface area contributed by atoms with Crippen LogP contribution in [0.4, 0.5) is 0 Å². The van der Waals surface area contributed by atoms with Crippen molar-refractivity contribution < 1.29 is 19.7 Å². The summed E-state index contributed by atoms with van der Waals surface area (Å²) < 4.78 is 5.20. The van der Waals surface area contributed by atoms with Crippen molar-refractivity contribution in [2.45, 2.75) is 65.7 Å². The Balaban J connectivity index is 2.62. The van der Waals surface area contributed by atoms with Crippen LogP contribution in [0.15, 0.2) is 11.5 Å². The molecule has 0 aromatic heterocycles. The summed E-state index contributed by atoms with van der Waals surface area (Å²) >= 11 is 0. The maximum absolute atomic E-state index is 12.1. The van der Waals surface area contributed by atoms with E-state index in [1.54, 1.807) is 13.8 Å². The van der Waals surface area contributed by atoms with Crippen molar-refractivity contribution in [1.82, 2.24) is 5.32 Å². The van der Waals surface area contributed by atoms with Crippen molar-refractivity contribution >= 4 is 5.78 Å². The van der Waals surface area contributed by atoms with Gasteiger partial charge in [-0.2, -0.15) is 0 Å². The number of Topliss-reactive ketones (excluding diaryl/α,β-unsaturated/α-hetero) is 1. The van der Waals surface area contributed by atoms with E-state index in [1.165, 1.54) is 0 Å². The number of aliphatic hydroxyl groups is 2. The van der Waals surface area contributed by atoms with E-state index in [9.17, 15) is 15.0 Å². The summed E-state index contributed by atoms with van der Waals surface area (Å²) in [6.07, 6.45) is -2.11. The summed E-state index contributed by atoms with van der Waals surface area (Å²) in [5.74, 6) is 0.557. The van der Waals surface area contributed by atoms with Crippen LogP contribution < -0.4 is 5.32 Å². The predicted octanol–water partition coefficient (Wildman–Crippen LogP) is 1.34. The average Bonchev–Trinajstić information content (AvgIpc) is 3.12. The summed E-state index contributed by atoms with van der Waals surface area (Å²) in [5.41, 5.74) is -0.715. The molecule has 3 N–H and O–H groups in total. The van der Waals surface area contributed by atoms with Crippen LogP contribution >= 0.6 is 0 Å². The number of hydrogen-bond donors (Lipinski definition) is 3. The molecule has 1 rings (SSSR count). The van der Waals surface area contributed by atoms with E-state index >= 15 is 0 Å². The summed E-state index contributed by atoms with van der Waals surface area (Å²) in [7, 11) is 0. The summed E-state index contributed by atoms with van der Waals surface area (Å²) in [6, 6.07) is 0. The Morgan fingerprint density at radius 2 is 1.80 bits per heavy atom. The lowest BCUT2D eigenvalue weighted by molar-refractivity contribution is -0.140. The molecule has 0 aliphatic carbocycles. The second-order valence-electron chi connectivity index (χ2n) is 6.98. The number of rotatable bonds is 7. The van der Waals surface area contributed by atoms with E-state index in [2.05, 4.69) is 5.32 Å². The lowest BCUT2D eigenvalue weighted by Crippen LogP contribution is -2.41. The highest BCUT2D eigenvalue weighted by Gasteiger charge is 2.42. The molecule has 116 valence electrons. The van der Waals surface area contributed by atoms with Crippen LogP contribution in [-0.4, -0.2) is 40.3 Å². The third kappa shape index (κ3) is 4.30. The van der Waals surface area contributed by atoms with Gasteiger partial charge in [-0.3, -0.25) is 4.79 Å². The number of carbonyl (C=O) groups excluding carboxylic acids is 1. The van der Waals surface area contributed by atoms with E-state index in [1.807, 2.05) is 27.7 Å². The second kappa shape index (κ2) is 5.84. The first kappa shape index (κ1) is 17.1. The first-order valence-electron chi connectivity index (χ1n) is 7.06. The van der Waals surface area contributed by atoms with E-state index in [-0.39, 0.29) is 11.3 Å². The molecule has 1 aliphatic heterocycles. The van der Waals surface area contributed by atoms with Gasteiger partial charge in [-0.15, -0.1) is 0 Å². The Morgan fingerprint density at radius 1 is 1.25 bits per heavy atom. The highest BCUT2D eigenvalue weighted by Crippen LogP contribution is 2.33. The van der Waals surface area contributed by atoms with Crippen molar-refractivity contribution in [3.05, 3.63) is 11.5 Å². The van der Waals surface area contributed by atoms with Crippen LogP contribution in [0.3, 0.4) is 0 Å². The molecular formula is C15H27NO4. The Kier molecular flexibility index (Phi) is 5.00. The maximum atomic E-state index is 12.1. The Hall–Kier alpha value is -0.910. The summed E-state index contributed by atoms with van der Waals surface area (Å²) in [5, 5.41) is 23.2. The average molecular weight is 285 g/mol. The van der Waals surface area contributed by atoms with Gasteiger partial charge >= 0.3 is 0 Å². The van der Waals surface area contributed by atoms with Crippen molar-refractivity contribution in [1.29, 1.82) is 0 Å². The van der Waals surface area contributed by atoms with Crippen LogP contribution in [0.25, 0.3) is 0 Å². The van der Waals surface area contributed by atoms with Crippen molar-refractivity contribution in [3.63, 3.8) is 0 Å². The lowest BCUT2D eigenvalue weighted by atomic mass is 9.81. The minimum atomic E-state index is -1.44. The zero-order chi connectivity index (χ0) is 15.7. The maximum Gasteiger partial charge on any atom is 0.175 e. The summed E-state index contributed by atoms with van der Waals surface area (Å²) in [6.45, 7) is 11.9. The second-order valence-corrected chi connectivity index (χ2v) is 6.98. The van der Waals surface area contributed by atoms with Crippen LogP contribution in [-0.2, 0) is 9.53 Å². The Morgan fingerprint density at radius 3 is 2.25 bits per heavy atom. The monoisotopic (exact) mass is 285 g/mol. The van der Waals surface area contributed by atoms with Gasteiger partial charge < -0.3 is 20.3 Å². The SMILES string of the molecule is CCC(C)(C)C(=O)C(O)C(O)C1=C(CNC(C)(C)C)O1. The first-order valence-corrected chi connectivity index (χ1v) is 7.06. The predicted molar refractivity (Wildman–Crippen MR) is 77.0 cm³/mol. The Labute approximate surface area is 121 Å². The third-order valence-electron chi connectivity index (χ3n) is 3.63. The van der Waals surface area contributed by atoms with E-state index in [0.717, 1.165) is 0 Å². The number of ether oxygens (including phenoxy) is 1. The molecule has 0 bridgehead atoms. The molecule has 0 saturated carbocycles. The number of aliphatic hydroxyl groups excluding tert-OH is 2. The molecule has 0 saturated heterocycles. The number of hydrogen-bond acceptors (Lipinski definition) is 5. The lowest BCUT2D eigenvalue weighted by Gasteiger charge is -2.25. The molecule has 0 radical (unpaired) electrons. The standard InChI is InChI=1S/C15H27NO4/c1-7-15(5,6)13(19)11(18)10(17)12-9(20-12)8-16-14(2,3)4/h10-11,16-18H,7-8H2,1-6H3. The van der Waals surface area contributed by atoms with Crippen LogP contribution in [0.1, 0.15) is 48.0 Å². The van der Waals surface area contributed by atoms with Crippen molar-refractivity contribution in [2.24, 2.45) is 5.41 Å². The van der Waals surface area contributed by atoms with Crippen LogP contribution in [0, 0.1) is 5.41 Å². The zero-order valence-electron chi connectivity index (χ0n) is 13.3. The van der Waals surface area contributed by atoms with Gasteiger partial charge in [-0.05, 0) is 27.2 Å². The molecule has 0 fully saturated rings. The number of nitrogens with one attached hydrogen (secondary N) is 1. The van der Waals surface area contributed by atoms with Gasteiger partial charge in [0.15, 0.2) is 17.3 Å². The quantitative estimate of drug-likeness (QED) is 0.657. The van der Waals surface area contributed by atoms with Gasteiger partial charge in [0.2, 0.25) is 0 Å². The largest absolute Gasteiger partial charge is 0.455 e. The smallest absolute Gasteiger partial charge is 0.175 e. The van der Waals surface area contributed by atoms with Gasteiger partial charge in [0.05, 0.1) is 6.54 Å². The van der Waals surface area contributed by atoms with Crippen LogP contribution in [0.5, 0.6) is 0 Å². The van der Waals surface area contributed by atoms with E-state index in [0.29, 0.717) is 24.5 Å². The Bertz CT molecular complexity index is 407. The highest BCUT2D eigenvalue weighted by atomic mass is 16.6. The molecule has 1 heterocycles. The molecule has 0 aromatic rings. The minimum absolute atomic E-state index is 0.0619. The fraction of sp³-hybridized carbons (Fsp3) is 0.800. The minimum Gasteiger partial charge on any atom is -0.455 e. The first-order chi connectivity index (χ1) is 8.99. The van der Waals surface area contributed by atoms with Gasteiger partial charge in [0, 0.05) is 11.0 Å². The van der Waals surface area contributed by atoms with Crippen molar-refractivity contribution in [3.8, 4) is 0 Å². The number of ketones is 1. The fourth-order valence-corrected chi connectivity index (χ4v) is 1.66. The molecule has 2 unspecified atom stereocenters. The molecule has 5 heteroatoms. The molecule has 1 aliphatic rings. The molecule has 2 atom stereocenters. The van der Waals surface area contributed by atoms with E-state index < -0.39 is 17.6 Å². The molecular weight excluding hydrogens is 258 g/mol. The topological polar surface area (TPSA) is 82.1 Å². The van der Waals surface area contributed by atoms with Crippen molar-refractivity contribution in [2.75, 3.05) is 6.54 Å². The highest BCUT2D eigenvalue weighted by molar-refractivity contribution is 5.88. The molecule has 5 nitrogen and oxygen atoms in total. The zero-order valence-corrected chi connectivity index (χ0v) is 13.3. The number of carbonyl (C=O) groups is 1. The van der Waals surface area contributed by atoms with Crippen LogP contribution in [0.2, 0.25) is 0 Å². The van der Waals surface area contributed by atoms with Gasteiger partial charge in [-0.25, -0.2) is 0 Å². The molecule has 0 aromatic carbocycles. The van der Waals surface area contributed by atoms with E-state index in [4.69, 9.17) is 4.74 Å². The van der Waals surface area contributed by atoms with Gasteiger partial charge in [0.1, 0.15) is 12.2 Å².